The number of hydrogen-bond acceptors (Lipinski definition) is 3. The van der Waals surface area contributed by atoms with Crippen molar-refractivity contribution in [3.63, 3.8) is 0 Å². The van der Waals surface area contributed by atoms with Crippen molar-refractivity contribution >= 4 is 10.8 Å². The molecule has 19 heavy (non-hydrogen) atoms. The van der Waals surface area contributed by atoms with Crippen LogP contribution in [0.15, 0.2) is 18.2 Å². The molecule has 1 aromatic rings. The first-order valence-electron chi connectivity index (χ1n) is 6.97. The first-order valence-corrected chi connectivity index (χ1v) is 8.35. The molecule has 3 unspecified atom stereocenters. The van der Waals surface area contributed by atoms with E-state index in [1.54, 1.807) is 7.11 Å². The first kappa shape index (κ1) is 14.5. The van der Waals surface area contributed by atoms with Crippen molar-refractivity contribution in [3.8, 4) is 5.75 Å². The molecule has 0 aromatic heterocycles. The Hall–Kier alpha value is -0.870. The summed E-state index contributed by atoms with van der Waals surface area (Å²) in [5.74, 6) is 1.60. The third kappa shape index (κ3) is 3.18. The Balaban J connectivity index is 2.05. The Morgan fingerprint density at radius 1 is 1.42 bits per heavy atom. The molecule has 3 nitrogen and oxygen atoms in total. The van der Waals surface area contributed by atoms with Crippen molar-refractivity contribution in [1.82, 2.24) is 0 Å². The summed E-state index contributed by atoms with van der Waals surface area (Å²) in [6.45, 7) is 2.16. The van der Waals surface area contributed by atoms with Crippen LogP contribution in [0.3, 0.4) is 0 Å². The van der Waals surface area contributed by atoms with Gasteiger partial charge < -0.3 is 10.5 Å². The standard InChI is InChI=1S/C15H23NO2S/c1-3-4-5-8-19(17)14-9-11-6-7-12(18-2)10-13(11)15(14)16/h6-7,10,14-15H,3-5,8-9,16H2,1-2H3. The number of ether oxygens (including phenoxy) is 1. The Kier molecular flexibility index (Phi) is 4.99. The van der Waals surface area contributed by atoms with Gasteiger partial charge in [0.05, 0.1) is 12.4 Å². The van der Waals surface area contributed by atoms with Gasteiger partial charge in [-0.15, -0.1) is 0 Å². The number of fused-ring (bicyclic) bond motifs is 1. The maximum absolute atomic E-state index is 12.4. The minimum atomic E-state index is -0.828. The van der Waals surface area contributed by atoms with Crippen molar-refractivity contribution in [2.45, 2.75) is 43.9 Å². The highest BCUT2D eigenvalue weighted by Gasteiger charge is 2.33. The first-order chi connectivity index (χ1) is 9.17. The molecular weight excluding hydrogens is 258 g/mol. The van der Waals surface area contributed by atoms with E-state index in [1.165, 1.54) is 5.56 Å². The average molecular weight is 281 g/mol. The number of rotatable bonds is 6. The highest BCUT2D eigenvalue weighted by Crippen LogP contribution is 2.35. The molecule has 0 bridgehead atoms. The van der Waals surface area contributed by atoms with Gasteiger partial charge in [0.2, 0.25) is 0 Å². The molecule has 1 aromatic carbocycles. The van der Waals surface area contributed by atoms with Crippen LogP contribution in [0, 0.1) is 0 Å². The third-order valence-corrected chi connectivity index (χ3v) is 5.65. The van der Waals surface area contributed by atoms with Crippen LogP contribution < -0.4 is 10.5 Å². The predicted octanol–water partition coefficient (Wildman–Crippen LogP) is 2.56. The van der Waals surface area contributed by atoms with Crippen LogP contribution >= 0.6 is 0 Å². The summed E-state index contributed by atoms with van der Waals surface area (Å²) in [4.78, 5) is 0. The van der Waals surface area contributed by atoms with Crippen LogP contribution in [-0.4, -0.2) is 22.3 Å². The molecule has 2 rings (SSSR count). The van der Waals surface area contributed by atoms with Gasteiger partial charge in [-0.05, 0) is 36.1 Å². The fraction of sp³-hybridized carbons (Fsp3) is 0.600. The quantitative estimate of drug-likeness (QED) is 0.815. The predicted molar refractivity (Wildman–Crippen MR) is 79.9 cm³/mol. The molecule has 0 aliphatic heterocycles. The van der Waals surface area contributed by atoms with Gasteiger partial charge >= 0.3 is 0 Å². The van der Waals surface area contributed by atoms with Gasteiger partial charge in [-0.3, -0.25) is 4.21 Å². The molecule has 0 saturated heterocycles. The third-order valence-electron chi connectivity index (χ3n) is 3.82. The van der Waals surface area contributed by atoms with Crippen molar-refractivity contribution in [2.24, 2.45) is 5.73 Å². The van der Waals surface area contributed by atoms with E-state index in [-0.39, 0.29) is 11.3 Å². The van der Waals surface area contributed by atoms with E-state index in [1.807, 2.05) is 12.1 Å². The van der Waals surface area contributed by atoms with E-state index < -0.39 is 10.8 Å². The number of unbranched alkanes of at least 4 members (excludes halogenated alkanes) is 2. The zero-order chi connectivity index (χ0) is 13.8. The number of benzene rings is 1. The summed E-state index contributed by atoms with van der Waals surface area (Å²) >= 11 is 0. The second-order valence-corrected chi connectivity index (χ2v) is 6.90. The molecule has 1 aliphatic rings. The van der Waals surface area contributed by atoms with E-state index in [0.717, 1.165) is 42.7 Å². The molecule has 4 heteroatoms. The molecule has 0 saturated carbocycles. The topological polar surface area (TPSA) is 52.3 Å². The lowest BCUT2D eigenvalue weighted by Gasteiger charge is -2.15. The Bertz CT molecular complexity index is 461. The van der Waals surface area contributed by atoms with Gasteiger partial charge in [0.1, 0.15) is 5.75 Å². The minimum Gasteiger partial charge on any atom is -0.497 e. The SMILES string of the molecule is CCCCCS(=O)C1Cc2ccc(OC)cc2C1N. The second kappa shape index (κ2) is 6.53. The summed E-state index contributed by atoms with van der Waals surface area (Å²) in [6, 6.07) is 5.88. The van der Waals surface area contributed by atoms with Crippen LogP contribution in [-0.2, 0) is 17.2 Å². The largest absolute Gasteiger partial charge is 0.497 e. The minimum absolute atomic E-state index is 0.0685. The number of hydrogen-bond donors (Lipinski definition) is 1. The van der Waals surface area contributed by atoms with E-state index in [4.69, 9.17) is 10.5 Å². The Morgan fingerprint density at radius 3 is 2.89 bits per heavy atom. The molecule has 0 radical (unpaired) electrons. The van der Waals surface area contributed by atoms with Gasteiger partial charge in [-0.1, -0.05) is 25.8 Å². The lowest BCUT2D eigenvalue weighted by atomic mass is 10.1. The summed E-state index contributed by atoms with van der Waals surface area (Å²) in [7, 11) is 0.828. The average Bonchev–Trinajstić information content (AvgIpc) is 2.76. The molecule has 0 amide bonds. The fourth-order valence-corrected chi connectivity index (χ4v) is 4.27. The summed E-state index contributed by atoms with van der Waals surface area (Å²) in [6.07, 6.45) is 4.17. The maximum Gasteiger partial charge on any atom is 0.119 e. The second-order valence-electron chi connectivity index (χ2n) is 5.13. The summed E-state index contributed by atoms with van der Waals surface area (Å²) < 4.78 is 17.6. The van der Waals surface area contributed by atoms with Crippen molar-refractivity contribution < 1.29 is 8.95 Å². The molecule has 0 heterocycles. The Morgan fingerprint density at radius 2 is 2.21 bits per heavy atom. The molecule has 1 aliphatic carbocycles. The molecule has 106 valence electrons. The highest BCUT2D eigenvalue weighted by atomic mass is 32.2. The van der Waals surface area contributed by atoms with E-state index >= 15 is 0 Å². The van der Waals surface area contributed by atoms with Crippen molar-refractivity contribution in [2.75, 3.05) is 12.9 Å². The zero-order valence-electron chi connectivity index (χ0n) is 11.7. The van der Waals surface area contributed by atoms with Crippen LogP contribution in [0.5, 0.6) is 5.75 Å². The lowest BCUT2D eigenvalue weighted by Crippen LogP contribution is -2.28. The van der Waals surface area contributed by atoms with Crippen LogP contribution in [0.25, 0.3) is 0 Å². The van der Waals surface area contributed by atoms with Gasteiger partial charge in [-0.2, -0.15) is 0 Å². The molecule has 0 fully saturated rings. The normalized spacial score (nSPS) is 23.1. The Labute approximate surface area is 118 Å². The van der Waals surface area contributed by atoms with Gasteiger partial charge in [0.25, 0.3) is 0 Å². The smallest absolute Gasteiger partial charge is 0.119 e. The molecule has 3 atom stereocenters. The van der Waals surface area contributed by atoms with E-state index in [9.17, 15) is 4.21 Å². The molecule has 0 spiro atoms. The lowest BCUT2D eigenvalue weighted by molar-refractivity contribution is 0.414. The molecule has 2 N–H and O–H groups in total. The highest BCUT2D eigenvalue weighted by molar-refractivity contribution is 7.85. The van der Waals surface area contributed by atoms with Crippen LogP contribution in [0.2, 0.25) is 0 Å². The van der Waals surface area contributed by atoms with Crippen molar-refractivity contribution in [1.29, 1.82) is 0 Å². The van der Waals surface area contributed by atoms with Gasteiger partial charge in [0.15, 0.2) is 0 Å². The van der Waals surface area contributed by atoms with Crippen LogP contribution in [0.1, 0.15) is 43.4 Å². The maximum atomic E-state index is 12.4. The van der Waals surface area contributed by atoms with Crippen LogP contribution in [0.4, 0.5) is 0 Å². The van der Waals surface area contributed by atoms with Crippen molar-refractivity contribution in [3.05, 3.63) is 29.3 Å². The summed E-state index contributed by atoms with van der Waals surface area (Å²) in [5, 5.41) is 0.0685. The summed E-state index contributed by atoms with van der Waals surface area (Å²) in [5.41, 5.74) is 8.60. The van der Waals surface area contributed by atoms with E-state index in [0.29, 0.717) is 0 Å². The van der Waals surface area contributed by atoms with Gasteiger partial charge in [-0.25, -0.2) is 0 Å². The molecular formula is C15H23NO2S. The number of nitrogens with two attached hydrogens (primary N) is 1. The fourth-order valence-electron chi connectivity index (χ4n) is 2.64. The number of methoxy groups -OCH3 is 1. The zero-order valence-corrected chi connectivity index (χ0v) is 12.5. The van der Waals surface area contributed by atoms with E-state index in [2.05, 4.69) is 13.0 Å². The monoisotopic (exact) mass is 281 g/mol. The van der Waals surface area contributed by atoms with Gasteiger partial charge in [0, 0.05) is 22.6 Å².